The third-order valence-corrected chi connectivity index (χ3v) is 8.68. The van der Waals surface area contributed by atoms with Gasteiger partial charge in [-0.25, -0.2) is 14.4 Å². The van der Waals surface area contributed by atoms with Crippen molar-refractivity contribution in [1.29, 1.82) is 0 Å². The summed E-state index contributed by atoms with van der Waals surface area (Å²) in [6, 6.07) is 21.0. The van der Waals surface area contributed by atoms with Crippen molar-refractivity contribution in [2.45, 2.75) is 57.7 Å². The number of nitrogens with one attached hydrogen (secondary N) is 2. The summed E-state index contributed by atoms with van der Waals surface area (Å²) < 4.78 is 32.5. The Morgan fingerprint density at radius 1 is 0.830 bits per heavy atom. The van der Waals surface area contributed by atoms with Gasteiger partial charge in [0.1, 0.15) is 23.6 Å². The van der Waals surface area contributed by atoms with E-state index in [1.807, 2.05) is 12.1 Å². The van der Waals surface area contributed by atoms with Gasteiger partial charge in [0.2, 0.25) is 5.88 Å². The number of thioether (sulfide) groups is 1. The van der Waals surface area contributed by atoms with Crippen molar-refractivity contribution in [2.24, 2.45) is 0 Å². The molecule has 15 nitrogen and oxygen atoms in total. The molecule has 2 heterocycles. The third-order valence-electron chi connectivity index (χ3n) is 7.34. The Morgan fingerprint density at radius 2 is 1.43 bits per heavy atom. The number of anilines is 1. The molecule has 0 radical (unpaired) electrons. The van der Waals surface area contributed by atoms with E-state index in [0.29, 0.717) is 11.1 Å². The molecule has 0 bridgehead atoms. The maximum Gasteiger partial charge on any atom is 0.516 e. The second-order valence-corrected chi connectivity index (χ2v) is 13.8. The van der Waals surface area contributed by atoms with Crippen LogP contribution in [0.5, 0.6) is 11.5 Å². The quantitative estimate of drug-likeness (QED) is 0.106. The fourth-order valence-corrected chi connectivity index (χ4v) is 6.51. The van der Waals surface area contributed by atoms with Crippen LogP contribution in [0, 0.1) is 0 Å². The first-order valence-electron chi connectivity index (χ1n) is 16.3. The molecule has 16 heteroatoms. The summed E-state index contributed by atoms with van der Waals surface area (Å²) in [7, 11) is 0. The third kappa shape index (κ3) is 10.1. The van der Waals surface area contributed by atoms with E-state index in [2.05, 4.69) is 10.6 Å². The van der Waals surface area contributed by atoms with Crippen molar-refractivity contribution in [2.75, 3.05) is 17.7 Å². The highest BCUT2D eigenvalue weighted by Crippen LogP contribution is 2.41. The van der Waals surface area contributed by atoms with Crippen LogP contribution in [0.1, 0.15) is 51.8 Å². The lowest BCUT2D eigenvalue weighted by Gasteiger charge is -2.49. The predicted octanol–water partition coefficient (Wildman–Crippen LogP) is 6.05. The van der Waals surface area contributed by atoms with Crippen molar-refractivity contribution in [3.63, 3.8) is 0 Å². The van der Waals surface area contributed by atoms with Crippen LogP contribution >= 0.6 is 11.8 Å². The number of hydrogen-bond donors (Lipinski definition) is 2. The van der Waals surface area contributed by atoms with Gasteiger partial charge in [-0.05, 0) is 44.0 Å². The van der Waals surface area contributed by atoms with Crippen LogP contribution in [-0.4, -0.2) is 70.5 Å². The number of ether oxygens (including phenoxy) is 6. The summed E-state index contributed by atoms with van der Waals surface area (Å²) in [5, 5.41) is 4.38. The predicted molar refractivity (Wildman–Crippen MR) is 190 cm³/mol. The molecule has 2 N–H and O–H groups in total. The number of nitrogens with zero attached hydrogens (tertiary/aromatic N) is 1. The molecule has 3 aromatic carbocycles. The molecular weight excluding hydrogens is 710 g/mol. The molecule has 2 aliphatic heterocycles. The van der Waals surface area contributed by atoms with Gasteiger partial charge in [-0.3, -0.25) is 24.6 Å². The Balaban J connectivity index is 1.36. The maximum atomic E-state index is 13.5. The number of hydrogen-bond acceptors (Lipinski definition) is 13. The molecule has 0 aromatic heterocycles. The molecule has 278 valence electrons. The highest BCUT2D eigenvalue weighted by Gasteiger charge is 2.54. The number of rotatable bonds is 10. The van der Waals surface area contributed by atoms with Crippen molar-refractivity contribution in [3.05, 3.63) is 101 Å². The SMILES string of the molecule is CC(=O)Oc1ccc(NC(=O)OCC2=C(OC(=O)OC(c3ccccc3)c3ccccc3)N3C(=O)[C@@H](NC(=O)OC(C)(C)C)[C@H]3SC2)cc1OC(C)=O. The van der Waals surface area contributed by atoms with Gasteiger partial charge < -0.3 is 33.7 Å². The number of fused-ring (bicyclic) bond motifs is 1. The van der Waals surface area contributed by atoms with Crippen molar-refractivity contribution in [1.82, 2.24) is 10.2 Å². The summed E-state index contributed by atoms with van der Waals surface area (Å²) in [6.07, 6.45) is -3.73. The first kappa shape index (κ1) is 38.2. The minimum absolute atomic E-state index is 0.0420. The van der Waals surface area contributed by atoms with E-state index in [1.165, 1.54) is 41.8 Å². The van der Waals surface area contributed by atoms with Crippen LogP contribution in [0.25, 0.3) is 0 Å². The average molecular weight is 748 g/mol. The zero-order valence-corrected chi connectivity index (χ0v) is 30.2. The van der Waals surface area contributed by atoms with Gasteiger partial charge in [-0.15, -0.1) is 11.8 Å². The number of amides is 3. The van der Waals surface area contributed by atoms with Crippen LogP contribution in [0.4, 0.5) is 20.1 Å². The van der Waals surface area contributed by atoms with Crippen molar-refractivity contribution >= 4 is 53.6 Å². The first-order valence-corrected chi connectivity index (χ1v) is 17.3. The lowest BCUT2D eigenvalue weighted by atomic mass is 10.0. The number of carbonyl (C=O) groups excluding carboxylic acids is 6. The normalized spacial score (nSPS) is 16.4. The molecule has 5 rings (SSSR count). The van der Waals surface area contributed by atoms with Gasteiger partial charge in [0.15, 0.2) is 17.6 Å². The fraction of sp³-hybridized carbons (Fsp3) is 0.297. The Labute approximate surface area is 308 Å². The van der Waals surface area contributed by atoms with Gasteiger partial charge in [0.05, 0.1) is 0 Å². The summed E-state index contributed by atoms with van der Waals surface area (Å²) in [6.45, 7) is 6.97. The first-order chi connectivity index (χ1) is 25.2. The number of β-lactam (4-membered cyclic amide) rings is 1. The van der Waals surface area contributed by atoms with Gasteiger partial charge in [-0.2, -0.15) is 0 Å². The number of esters is 2. The zero-order chi connectivity index (χ0) is 38.3. The van der Waals surface area contributed by atoms with Gasteiger partial charge in [0, 0.05) is 36.9 Å². The van der Waals surface area contributed by atoms with Crippen LogP contribution in [0.15, 0.2) is 90.3 Å². The molecule has 2 aliphatic rings. The van der Waals surface area contributed by atoms with Crippen LogP contribution in [0.3, 0.4) is 0 Å². The monoisotopic (exact) mass is 747 g/mol. The molecule has 0 aliphatic carbocycles. The molecule has 53 heavy (non-hydrogen) atoms. The Kier molecular flexibility index (Phi) is 11.9. The smallest absolute Gasteiger partial charge is 0.445 e. The fourth-order valence-electron chi connectivity index (χ4n) is 5.21. The average Bonchev–Trinajstić information content (AvgIpc) is 3.09. The molecule has 0 spiro atoms. The second-order valence-electron chi connectivity index (χ2n) is 12.7. The van der Waals surface area contributed by atoms with Crippen molar-refractivity contribution < 1.29 is 57.2 Å². The second kappa shape index (κ2) is 16.5. The van der Waals surface area contributed by atoms with Gasteiger partial charge in [-0.1, -0.05) is 60.7 Å². The van der Waals surface area contributed by atoms with Crippen LogP contribution in [-0.2, 0) is 33.3 Å². The molecule has 1 saturated heterocycles. The molecule has 3 amide bonds. The number of carbonyl (C=O) groups is 6. The van der Waals surface area contributed by atoms with E-state index in [-0.39, 0.29) is 34.4 Å². The van der Waals surface area contributed by atoms with E-state index in [9.17, 15) is 28.8 Å². The minimum atomic E-state index is -1.13. The lowest BCUT2D eigenvalue weighted by molar-refractivity contribution is -0.146. The molecule has 1 fully saturated rings. The lowest BCUT2D eigenvalue weighted by Crippen LogP contribution is -2.70. The molecule has 2 atom stereocenters. The van der Waals surface area contributed by atoms with E-state index < -0.39 is 65.9 Å². The van der Waals surface area contributed by atoms with Crippen molar-refractivity contribution in [3.8, 4) is 11.5 Å². The topological polar surface area (TPSA) is 185 Å². The highest BCUT2D eigenvalue weighted by atomic mass is 32.2. The zero-order valence-electron chi connectivity index (χ0n) is 29.4. The van der Waals surface area contributed by atoms with Gasteiger partial charge >= 0.3 is 30.3 Å². The molecule has 0 saturated carbocycles. The number of benzene rings is 3. The summed E-state index contributed by atoms with van der Waals surface area (Å²) >= 11 is 1.24. The van der Waals surface area contributed by atoms with E-state index in [1.54, 1.807) is 69.3 Å². The molecule has 0 unspecified atom stereocenters. The standard InChI is InChI=1S/C37H37N3O12S/c1-21(41)48-27-17-16-26(18-28(27)49-22(2)42)38-34(44)47-19-25-20-53-33-29(39-35(45)52-37(3,4)5)31(43)40(33)32(25)51-36(46)50-30(23-12-8-6-9-13-23)24-14-10-7-11-15-24/h6-18,29-30,33H,19-20H2,1-5H3,(H,38,44)(H,39,45)/t29-,33-/m1/s1. The maximum absolute atomic E-state index is 13.5. The summed E-state index contributed by atoms with van der Waals surface area (Å²) in [4.78, 5) is 76.7. The molecular formula is C37H37N3O12S. The largest absolute Gasteiger partial charge is 0.516 e. The molecule has 3 aromatic rings. The van der Waals surface area contributed by atoms with Crippen LogP contribution < -0.4 is 20.1 Å². The highest BCUT2D eigenvalue weighted by molar-refractivity contribution is 8.00. The summed E-state index contributed by atoms with van der Waals surface area (Å²) in [5.41, 5.74) is 0.919. The Hall–Kier alpha value is -6.03. The number of alkyl carbamates (subject to hydrolysis) is 1. The van der Waals surface area contributed by atoms with E-state index >= 15 is 0 Å². The minimum Gasteiger partial charge on any atom is -0.445 e. The van der Waals surface area contributed by atoms with Crippen LogP contribution in [0.2, 0.25) is 0 Å². The Morgan fingerprint density at radius 3 is 2.02 bits per heavy atom. The Bertz CT molecular complexity index is 1870. The van der Waals surface area contributed by atoms with Gasteiger partial charge in [0.25, 0.3) is 5.91 Å². The van der Waals surface area contributed by atoms with E-state index in [0.717, 1.165) is 6.92 Å². The summed E-state index contributed by atoms with van der Waals surface area (Å²) in [5.74, 6) is -2.16. The van der Waals surface area contributed by atoms with E-state index in [4.69, 9.17) is 28.4 Å².